The molecule has 1 atom stereocenters. The van der Waals surface area contributed by atoms with Crippen LogP contribution in [0.25, 0.3) is 33.2 Å². The smallest absolute Gasteiger partial charge is 0.225 e. The summed E-state index contributed by atoms with van der Waals surface area (Å²) in [6.45, 7) is 5.00. The Bertz CT molecular complexity index is 1950. The summed E-state index contributed by atoms with van der Waals surface area (Å²) in [7, 11) is 16.2. The van der Waals surface area contributed by atoms with E-state index in [4.69, 9.17) is 38.0 Å². The Kier molecular flexibility index (Phi) is 7.86. The van der Waals surface area contributed by atoms with E-state index < -0.39 is 15.0 Å². The highest BCUT2D eigenvalue weighted by molar-refractivity contribution is 7.91. The molecule has 44 heavy (non-hydrogen) atoms. The largest absolute Gasteiger partial charge is 0.474 e. The molecule has 0 saturated carbocycles. The predicted molar refractivity (Wildman–Crippen MR) is 171 cm³/mol. The van der Waals surface area contributed by atoms with Gasteiger partial charge in [0.1, 0.15) is 10.4 Å². The van der Waals surface area contributed by atoms with Crippen LogP contribution in [0.5, 0.6) is 5.88 Å². The first-order chi connectivity index (χ1) is 20.9. The van der Waals surface area contributed by atoms with Gasteiger partial charge in [0.2, 0.25) is 5.88 Å². The van der Waals surface area contributed by atoms with Gasteiger partial charge in [0.25, 0.3) is 0 Å². The van der Waals surface area contributed by atoms with E-state index in [1.807, 2.05) is 38.1 Å². The molecule has 1 aromatic carbocycles. The highest BCUT2D eigenvalue weighted by Gasteiger charge is 2.34. The molecule has 0 N–H and O–H groups in total. The number of pyridine rings is 2. The van der Waals surface area contributed by atoms with Gasteiger partial charge in [0.05, 0.1) is 69.7 Å². The molecule has 1 fully saturated rings. The molecule has 10 nitrogen and oxygen atoms in total. The van der Waals surface area contributed by atoms with Gasteiger partial charge in [0, 0.05) is 38.3 Å². The van der Waals surface area contributed by atoms with Gasteiger partial charge in [-0.1, -0.05) is 40.7 Å². The molecule has 0 unspecified atom stereocenters. The number of hydrogen-bond acceptors (Lipinski definition) is 8. The maximum Gasteiger partial charge on any atom is 0.225 e. The van der Waals surface area contributed by atoms with Crippen LogP contribution >= 0.6 is 0 Å². The Morgan fingerprint density at radius 2 is 1.77 bits per heavy atom. The summed E-state index contributed by atoms with van der Waals surface area (Å²) in [4.78, 5) is 9.50. The molecule has 5 heterocycles. The maximum atomic E-state index is 13.4. The highest BCUT2D eigenvalue weighted by Crippen LogP contribution is 2.45. The molecule has 1 saturated heterocycles. The molecular weight excluding hydrogens is 573 g/mol. The van der Waals surface area contributed by atoms with E-state index in [1.54, 1.807) is 13.2 Å². The van der Waals surface area contributed by atoms with Crippen molar-refractivity contribution in [3.63, 3.8) is 0 Å². The number of fused-ring (bicyclic) bond motifs is 3. The lowest BCUT2D eigenvalue weighted by molar-refractivity contribution is 0.0552. The SMILES string of the molecule is [B]C([B])([B])c1nnn(C)c1-c1cnc2c3c(OC(C)C)ncc(S(C)(=O)=O)c3n([C@H](c3ccccc3)C3CCOCC3)c2c1. The summed E-state index contributed by atoms with van der Waals surface area (Å²) in [6.07, 6.45) is 5.58. The number of nitrogens with zero attached hydrogens (tertiary/aromatic N) is 6. The second kappa shape index (κ2) is 11.4. The van der Waals surface area contributed by atoms with Gasteiger partial charge >= 0.3 is 0 Å². The zero-order chi connectivity index (χ0) is 31.4. The Morgan fingerprint density at radius 1 is 1.07 bits per heavy atom. The van der Waals surface area contributed by atoms with Crippen LogP contribution in [0.3, 0.4) is 0 Å². The first-order valence-electron chi connectivity index (χ1n) is 14.5. The maximum absolute atomic E-state index is 13.4. The Labute approximate surface area is 260 Å². The molecule has 0 amide bonds. The Morgan fingerprint density at radius 3 is 2.41 bits per heavy atom. The van der Waals surface area contributed by atoms with Crippen molar-refractivity contribution in [3.8, 4) is 17.1 Å². The fourth-order valence-corrected chi connectivity index (χ4v) is 6.95. The standard InChI is InChI=1S/C30H31B3N6O4S/c1-17(2)43-29-23-24-21(14-20(15-34-24)26-28(30(31,32)33)36-37-38(26)3)39(27(23)22(16-35-29)44(4,40)41)25(18-8-6-5-7-9-18)19-10-12-42-13-11-19/h5-9,14-17,19,25H,10-13H2,1-4H3/t25-/m1/s1. The second-order valence-corrected chi connectivity index (χ2v) is 13.7. The normalized spacial score (nSPS) is 15.8. The fourth-order valence-electron chi connectivity index (χ4n) is 6.16. The summed E-state index contributed by atoms with van der Waals surface area (Å²) in [5.74, 6) is 0.431. The van der Waals surface area contributed by atoms with Crippen LogP contribution in [0.1, 0.15) is 44.0 Å². The Balaban J connectivity index is 1.79. The minimum absolute atomic E-state index is 0.0870. The van der Waals surface area contributed by atoms with E-state index in [1.165, 1.54) is 17.1 Å². The molecule has 4 aromatic heterocycles. The fraction of sp³-hybridized carbons (Fsp3) is 0.400. The third-order valence-corrected chi connectivity index (χ3v) is 9.07. The van der Waals surface area contributed by atoms with E-state index in [0.29, 0.717) is 52.3 Å². The van der Waals surface area contributed by atoms with Crippen LogP contribution in [0.4, 0.5) is 0 Å². The van der Waals surface area contributed by atoms with Gasteiger partial charge in [-0.2, -0.15) is 0 Å². The van der Waals surface area contributed by atoms with Gasteiger partial charge < -0.3 is 14.0 Å². The lowest BCUT2D eigenvalue weighted by Gasteiger charge is -2.33. The third kappa shape index (κ3) is 5.42. The predicted octanol–water partition coefficient (Wildman–Crippen LogP) is 3.20. The Hall–Kier alpha value is -3.64. The lowest BCUT2D eigenvalue weighted by Crippen LogP contribution is -2.28. The third-order valence-electron chi connectivity index (χ3n) is 7.98. The summed E-state index contributed by atoms with van der Waals surface area (Å²) in [5.41, 5.74) is 4.01. The number of benzene rings is 1. The average molecular weight is 604 g/mol. The van der Waals surface area contributed by atoms with Crippen LogP contribution < -0.4 is 4.74 Å². The van der Waals surface area contributed by atoms with E-state index >= 15 is 0 Å². The van der Waals surface area contributed by atoms with Crippen LogP contribution in [-0.4, -0.2) is 87.1 Å². The molecular formula is C30H31B3N6O4S. The van der Waals surface area contributed by atoms with Gasteiger partial charge in [-0.25, -0.2) is 18.1 Å². The number of sulfone groups is 1. The number of aromatic nitrogens is 6. The van der Waals surface area contributed by atoms with Crippen molar-refractivity contribution in [1.29, 1.82) is 0 Å². The number of ether oxygens (including phenoxy) is 2. The number of aryl methyl sites for hydroxylation is 1. The molecule has 0 spiro atoms. The monoisotopic (exact) mass is 604 g/mol. The van der Waals surface area contributed by atoms with E-state index in [2.05, 4.69) is 32.0 Å². The van der Waals surface area contributed by atoms with Crippen molar-refractivity contribution in [2.24, 2.45) is 13.0 Å². The molecule has 220 valence electrons. The topological polar surface area (TPSA) is 114 Å². The van der Waals surface area contributed by atoms with E-state index in [0.717, 1.165) is 18.4 Å². The van der Waals surface area contributed by atoms with Crippen molar-refractivity contribution in [1.82, 2.24) is 29.5 Å². The van der Waals surface area contributed by atoms with Crippen molar-refractivity contribution in [2.45, 2.75) is 48.8 Å². The van der Waals surface area contributed by atoms with Crippen molar-refractivity contribution in [3.05, 3.63) is 60.0 Å². The van der Waals surface area contributed by atoms with E-state index in [9.17, 15) is 8.42 Å². The van der Waals surface area contributed by atoms with Crippen LogP contribution in [0.15, 0.2) is 53.7 Å². The zero-order valence-electron chi connectivity index (χ0n) is 25.1. The average Bonchev–Trinajstić information content (AvgIpc) is 3.52. The zero-order valence-corrected chi connectivity index (χ0v) is 26.0. The van der Waals surface area contributed by atoms with Gasteiger partial charge in [-0.3, -0.25) is 4.98 Å². The van der Waals surface area contributed by atoms with Crippen LogP contribution in [0.2, 0.25) is 0 Å². The summed E-state index contributed by atoms with van der Waals surface area (Å²) < 4.78 is 42.4. The summed E-state index contributed by atoms with van der Waals surface area (Å²) in [5, 5.41) is 7.02. The molecule has 6 radical (unpaired) electrons. The van der Waals surface area contributed by atoms with Crippen LogP contribution in [-0.2, 0) is 26.7 Å². The van der Waals surface area contributed by atoms with Crippen LogP contribution in [0, 0.1) is 5.92 Å². The van der Waals surface area contributed by atoms with Crippen molar-refractivity contribution >= 4 is 55.3 Å². The van der Waals surface area contributed by atoms with Gasteiger partial charge in [-0.15, -0.1) is 5.10 Å². The molecule has 1 aliphatic heterocycles. The second-order valence-electron chi connectivity index (χ2n) is 11.7. The number of rotatable bonds is 8. The lowest BCUT2D eigenvalue weighted by atomic mass is 9.41. The first-order valence-corrected chi connectivity index (χ1v) is 16.3. The first kappa shape index (κ1) is 30.4. The molecule has 0 aliphatic carbocycles. The quantitative estimate of drug-likeness (QED) is 0.249. The van der Waals surface area contributed by atoms with Gasteiger partial charge in [0.15, 0.2) is 9.84 Å². The number of hydrogen-bond donors (Lipinski definition) is 0. The molecule has 14 heteroatoms. The minimum Gasteiger partial charge on any atom is -0.474 e. The van der Waals surface area contributed by atoms with Gasteiger partial charge in [-0.05, 0) is 44.2 Å². The van der Waals surface area contributed by atoms with Crippen molar-refractivity contribution < 1.29 is 17.9 Å². The summed E-state index contributed by atoms with van der Waals surface area (Å²) in [6, 6.07) is 11.7. The molecule has 5 aromatic rings. The molecule has 0 bridgehead atoms. The minimum atomic E-state index is -3.74. The highest BCUT2D eigenvalue weighted by atomic mass is 32.2. The summed E-state index contributed by atoms with van der Waals surface area (Å²) >= 11 is 0. The van der Waals surface area contributed by atoms with Crippen molar-refractivity contribution in [2.75, 3.05) is 19.5 Å². The molecule has 1 aliphatic rings. The molecule has 6 rings (SSSR count). The van der Waals surface area contributed by atoms with E-state index in [-0.39, 0.29) is 28.7 Å².